The molecule has 1 aromatic carbocycles. The highest BCUT2D eigenvalue weighted by Gasteiger charge is 2.17. The lowest BCUT2D eigenvalue weighted by atomic mass is 10.2. The molecule has 0 saturated carbocycles. The molecule has 0 N–H and O–H groups in total. The Balaban J connectivity index is 2.33. The zero-order chi connectivity index (χ0) is 14.8. The molecular formula is C14H12BrNO3S. The van der Waals surface area contributed by atoms with Gasteiger partial charge >= 0.3 is 0 Å². The van der Waals surface area contributed by atoms with Crippen molar-refractivity contribution in [1.29, 1.82) is 0 Å². The molecule has 0 saturated heterocycles. The van der Waals surface area contributed by atoms with Gasteiger partial charge in [-0.25, -0.2) is 13.4 Å². The van der Waals surface area contributed by atoms with Gasteiger partial charge in [-0.3, -0.25) is 4.79 Å². The number of halogens is 1. The molecule has 2 rings (SSSR count). The zero-order valence-corrected chi connectivity index (χ0v) is 13.1. The first-order valence-electron chi connectivity index (χ1n) is 5.84. The summed E-state index contributed by atoms with van der Waals surface area (Å²) in [4.78, 5) is 15.5. The van der Waals surface area contributed by atoms with Gasteiger partial charge in [0.15, 0.2) is 15.6 Å². The summed E-state index contributed by atoms with van der Waals surface area (Å²) in [7, 11) is -3.48. The van der Waals surface area contributed by atoms with Gasteiger partial charge < -0.3 is 0 Å². The molecule has 0 aliphatic heterocycles. The molecule has 0 aliphatic carbocycles. The normalized spacial score (nSPS) is 11.3. The molecule has 0 amide bonds. The van der Waals surface area contributed by atoms with Crippen molar-refractivity contribution < 1.29 is 13.2 Å². The second-order valence-electron chi connectivity index (χ2n) is 4.29. The molecule has 0 spiro atoms. The van der Waals surface area contributed by atoms with E-state index in [1.54, 1.807) is 36.4 Å². The molecular weight excluding hydrogens is 342 g/mol. The fourth-order valence-corrected chi connectivity index (χ4v) is 3.55. The van der Waals surface area contributed by atoms with Crippen molar-refractivity contribution in [2.24, 2.45) is 0 Å². The van der Waals surface area contributed by atoms with Crippen molar-refractivity contribution in [3.05, 3.63) is 58.3 Å². The first-order valence-corrected chi connectivity index (χ1v) is 8.28. The molecule has 1 aromatic heterocycles. The average Bonchev–Trinajstić information content (AvgIpc) is 2.38. The lowest BCUT2D eigenvalue weighted by molar-refractivity contribution is 0.101. The molecule has 6 heteroatoms. The fraction of sp³-hybridized carbons (Fsp3) is 0.143. The topological polar surface area (TPSA) is 64.1 Å². The average molecular weight is 354 g/mol. The Labute approximate surface area is 125 Å². The van der Waals surface area contributed by atoms with Gasteiger partial charge in [0.25, 0.3) is 0 Å². The largest absolute Gasteiger partial charge is 0.293 e. The van der Waals surface area contributed by atoms with E-state index in [0.29, 0.717) is 10.2 Å². The van der Waals surface area contributed by atoms with E-state index in [1.807, 2.05) is 0 Å². The first kappa shape index (κ1) is 14.9. The Morgan fingerprint density at radius 1 is 1.20 bits per heavy atom. The highest BCUT2D eigenvalue weighted by Crippen LogP contribution is 2.19. The number of hydrogen-bond donors (Lipinski definition) is 0. The number of Topliss-reactive ketones (excluding diaryl/α,β-unsaturated/α-hetero) is 1. The smallest absolute Gasteiger partial charge is 0.184 e. The van der Waals surface area contributed by atoms with Crippen molar-refractivity contribution in [2.75, 3.05) is 0 Å². The summed E-state index contributed by atoms with van der Waals surface area (Å²) in [6.45, 7) is 1.40. The van der Waals surface area contributed by atoms with E-state index in [9.17, 15) is 13.2 Å². The number of rotatable bonds is 4. The second-order valence-corrected chi connectivity index (χ2v) is 7.19. The third-order valence-corrected chi connectivity index (χ3v) is 4.80. The molecule has 20 heavy (non-hydrogen) atoms. The molecule has 0 aliphatic rings. The Morgan fingerprint density at radius 2 is 1.90 bits per heavy atom. The van der Waals surface area contributed by atoms with E-state index in [4.69, 9.17) is 0 Å². The van der Waals surface area contributed by atoms with Crippen LogP contribution in [0.5, 0.6) is 0 Å². The number of aromatic nitrogens is 1. The van der Waals surface area contributed by atoms with Crippen LogP contribution in [0.1, 0.15) is 23.1 Å². The lowest BCUT2D eigenvalue weighted by Gasteiger charge is -2.05. The second kappa shape index (κ2) is 5.85. The SMILES string of the molecule is CC(=O)c1cccc(CS(=O)(=O)c2cccc(Br)c2)n1. The molecule has 0 fully saturated rings. The number of carbonyl (C=O) groups is 1. The molecule has 104 valence electrons. The molecule has 0 atom stereocenters. The third-order valence-electron chi connectivity index (χ3n) is 2.66. The lowest BCUT2D eigenvalue weighted by Crippen LogP contribution is -2.08. The molecule has 0 radical (unpaired) electrons. The maximum Gasteiger partial charge on any atom is 0.184 e. The summed E-state index contributed by atoms with van der Waals surface area (Å²) >= 11 is 3.25. The predicted octanol–water partition coefficient (Wildman–Crippen LogP) is 3.02. The van der Waals surface area contributed by atoms with Crippen LogP contribution in [0.3, 0.4) is 0 Å². The van der Waals surface area contributed by atoms with Gasteiger partial charge in [0.05, 0.1) is 16.3 Å². The monoisotopic (exact) mass is 353 g/mol. The van der Waals surface area contributed by atoms with Gasteiger partial charge in [-0.1, -0.05) is 28.1 Å². The Hall–Kier alpha value is -1.53. The molecule has 0 bridgehead atoms. The Morgan fingerprint density at radius 3 is 2.55 bits per heavy atom. The minimum atomic E-state index is -3.48. The van der Waals surface area contributed by atoms with E-state index in [1.165, 1.54) is 13.0 Å². The van der Waals surface area contributed by atoms with Crippen LogP contribution in [-0.2, 0) is 15.6 Å². The van der Waals surface area contributed by atoms with Crippen LogP contribution in [0.15, 0.2) is 51.8 Å². The zero-order valence-electron chi connectivity index (χ0n) is 10.7. The van der Waals surface area contributed by atoms with Crippen LogP contribution in [0.25, 0.3) is 0 Å². The van der Waals surface area contributed by atoms with Gasteiger partial charge in [0.2, 0.25) is 0 Å². The van der Waals surface area contributed by atoms with Gasteiger partial charge in [-0.2, -0.15) is 0 Å². The van der Waals surface area contributed by atoms with Crippen LogP contribution in [0.2, 0.25) is 0 Å². The molecule has 0 unspecified atom stereocenters. The third kappa shape index (κ3) is 3.52. The van der Waals surface area contributed by atoms with Crippen molar-refractivity contribution >= 4 is 31.6 Å². The predicted molar refractivity (Wildman–Crippen MR) is 79.3 cm³/mol. The van der Waals surface area contributed by atoms with Crippen molar-refractivity contribution in [3.8, 4) is 0 Å². The van der Waals surface area contributed by atoms with Crippen molar-refractivity contribution in [3.63, 3.8) is 0 Å². The van der Waals surface area contributed by atoms with Crippen molar-refractivity contribution in [1.82, 2.24) is 4.98 Å². The van der Waals surface area contributed by atoms with E-state index >= 15 is 0 Å². The standard InChI is InChI=1S/C14H12BrNO3S/c1-10(17)14-7-3-5-12(16-14)9-20(18,19)13-6-2-4-11(15)8-13/h2-8H,9H2,1H3. The van der Waals surface area contributed by atoms with E-state index < -0.39 is 9.84 Å². The maximum absolute atomic E-state index is 12.3. The quantitative estimate of drug-likeness (QED) is 0.792. The Bertz CT molecular complexity index is 757. The summed E-state index contributed by atoms with van der Waals surface area (Å²) in [5, 5.41) is 0. The summed E-state index contributed by atoms with van der Waals surface area (Å²) in [5.41, 5.74) is 0.629. The summed E-state index contributed by atoms with van der Waals surface area (Å²) < 4.78 is 25.3. The molecule has 1 heterocycles. The number of sulfone groups is 1. The number of hydrogen-bond acceptors (Lipinski definition) is 4. The van der Waals surface area contributed by atoms with Gasteiger partial charge in [-0.05, 0) is 30.3 Å². The van der Waals surface area contributed by atoms with Crippen LogP contribution >= 0.6 is 15.9 Å². The van der Waals surface area contributed by atoms with Crippen LogP contribution in [0.4, 0.5) is 0 Å². The summed E-state index contributed by atoms with van der Waals surface area (Å²) in [6.07, 6.45) is 0. The minimum absolute atomic E-state index is 0.188. The highest BCUT2D eigenvalue weighted by atomic mass is 79.9. The van der Waals surface area contributed by atoms with E-state index in [-0.39, 0.29) is 22.1 Å². The fourth-order valence-electron chi connectivity index (χ4n) is 1.69. The maximum atomic E-state index is 12.3. The summed E-state index contributed by atoms with van der Waals surface area (Å²) in [5.74, 6) is -0.420. The van der Waals surface area contributed by atoms with Crippen LogP contribution in [-0.4, -0.2) is 19.2 Å². The van der Waals surface area contributed by atoms with Crippen LogP contribution in [0, 0.1) is 0 Å². The van der Waals surface area contributed by atoms with Crippen molar-refractivity contribution in [2.45, 2.75) is 17.6 Å². The minimum Gasteiger partial charge on any atom is -0.293 e. The van der Waals surface area contributed by atoms with E-state index in [0.717, 1.165) is 0 Å². The summed E-state index contributed by atoms with van der Waals surface area (Å²) in [6, 6.07) is 11.3. The van der Waals surface area contributed by atoms with Crippen LogP contribution < -0.4 is 0 Å². The number of ketones is 1. The van der Waals surface area contributed by atoms with Gasteiger partial charge in [0.1, 0.15) is 5.69 Å². The number of pyridine rings is 1. The van der Waals surface area contributed by atoms with Gasteiger partial charge in [-0.15, -0.1) is 0 Å². The highest BCUT2D eigenvalue weighted by molar-refractivity contribution is 9.10. The first-order chi connectivity index (χ1) is 9.38. The Kier molecular flexibility index (Phi) is 4.35. The number of carbonyl (C=O) groups excluding carboxylic acids is 1. The van der Waals surface area contributed by atoms with E-state index in [2.05, 4.69) is 20.9 Å². The van der Waals surface area contributed by atoms with Gasteiger partial charge in [0, 0.05) is 11.4 Å². The molecule has 2 aromatic rings. The molecule has 4 nitrogen and oxygen atoms in total. The number of nitrogens with zero attached hydrogens (tertiary/aromatic N) is 1. The number of benzene rings is 1.